The van der Waals surface area contributed by atoms with Crippen molar-refractivity contribution < 1.29 is 78.3 Å². The van der Waals surface area contributed by atoms with Gasteiger partial charge in [-0.2, -0.15) is 38.1 Å². The Labute approximate surface area is 475 Å². The first-order valence-electron chi connectivity index (χ1n) is 24.6. The summed E-state index contributed by atoms with van der Waals surface area (Å²) in [5, 5.41) is 36.9. The first kappa shape index (κ1) is 59.9. The molecule has 10 rings (SSSR count). The van der Waals surface area contributed by atoms with E-state index in [9.17, 15) is 45.1 Å². The van der Waals surface area contributed by atoms with Crippen molar-refractivity contribution in [3.63, 3.8) is 0 Å². The number of methoxy groups -OCH3 is 3. The predicted octanol–water partition coefficient (Wildman–Crippen LogP) is 8.77. The Morgan fingerprint density at radius 2 is 0.976 bits per heavy atom. The lowest BCUT2D eigenvalue weighted by Gasteiger charge is -2.10. The van der Waals surface area contributed by atoms with Crippen molar-refractivity contribution in [1.82, 2.24) is 61.5 Å². The van der Waals surface area contributed by atoms with Crippen LogP contribution in [0.3, 0.4) is 0 Å². The quantitative estimate of drug-likeness (QED) is 0.0412. The van der Waals surface area contributed by atoms with Crippen LogP contribution in [-0.4, -0.2) is 104 Å². The van der Waals surface area contributed by atoms with Gasteiger partial charge >= 0.3 is 19.5 Å². The van der Waals surface area contributed by atoms with Crippen molar-refractivity contribution in [3.05, 3.63) is 173 Å². The maximum Gasteiger partial charge on any atom is 0.586 e. The van der Waals surface area contributed by atoms with E-state index in [4.69, 9.17) is 19.5 Å². The van der Waals surface area contributed by atoms with Gasteiger partial charge in [-0.25, -0.2) is 19.3 Å². The number of carbonyl (C=O) groups excluding carboxylic acids is 3. The molecule has 1 aliphatic heterocycles. The largest absolute Gasteiger partial charge is 0.586 e. The molecule has 0 fully saturated rings. The van der Waals surface area contributed by atoms with Crippen molar-refractivity contribution in [3.8, 4) is 80.5 Å². The number of amides is 3. The maximum absolute atomic E-state index is 13.5. The van der Waals surface area contributed by atoms with Crippen LogP contribution in [-0.2, 0) is 19.6 Å². The number of benzene rings is 6. The summed E-state index contributed by atoms with van der Waals surface area (Å²) in [5.41, 5.74) is 1.52. The molecule has 23 nitrogen and oxygen atoms in total. The smallest absolute Gasteiger partial charge is 0.496 e. The third-order valence-corrected chi connectivity index (χ3v) is 11.5. The van der Waals surface area contributed by atoms with Crippen LogP contribution in [0.1, 0.15) is 54.1 Å². The second-order valence-electron chi connectivity index (χ2n) is 17.0. The van der Waals surface area contributed by atoms with Crippen LogP contribution < -0.4 is 49.1 Å². The Morgan fingerprint density at radius 3 is 1.49 bits per heavy atom. The summed E-state index contributed by atoms with van der Waals surface area (Å²) >= 11 is 0. The summed E-state index contributed by atoms with van der Waals surface area (Å²) in [7, 11) is 4.50. The van der Waals surface area contributed by atoms with E-state index in [-0.39, 0.29) is 76.5 Å². The number of aromatic amines is 3. The first-order chi connectivity index (χ1) is 41.0. The van der Waals surface area contributed by atoms with E-state index < -0.39 is 43.1 Å². The second kappa shape index (κ2) is 27.5. The van der Waals surface area contributed by atoms with Crippen molar-refractivity contribution in [2.75, 3.05) is 21.3 Å². The molecular formula is C55H44F7N13O10. The van der Waals surface area contributed by atoms with E-state index in [0.29, 0.717) is 57.2 Å². The van der Waals surface area contributed by atoms with Gasteiger partial charge in [-0.15, -0.1) is 8.78 Å². The number of ether oxygens (including phenoxy) is 7. The molecule has 1 aliphatic rings. The third-order valence-electron chi connectivity index (χ3n) is 11.5. The molecule has 6 aromatic carbocycles. The van der Waals surface area contributed by atoms with E-state index in [1.54, 1.807) is 31.4 Å². The Kier molecular flexibility index (Phi) is 19.4. The standard InChI is InChI=1S/C19H15F2N5O3.C18H13F3N4O4.C18H16F2N4O3/c1-28-14-5-3-2-4-12(14)17-24-16(25-26-17)10-23-18(27)13-8-11(9-22)6-7-15(13)29-19(20)21;1-27-12-6-5-9(19)7-11(12)16-23-14(24-25-16)8-22-17(26)10-3-2-4-13-15(10)29-18(20,21)28-13;1-26-13-8-4-2-6-11(13)16-22-15(23-24-16)10-21-17(25)12-7-3-5-9-14(12)27-18(19)20/h2-8,19H,10H2,1H3,(H,23,27)(H,24,25,26);2-7H,8H2,1H3,(H,22,26)(H,23,24,25);2-9,18H,10H2,1H3,(H,21,25)(H,22,23,24). The number of nitrogens with zero attached hydrogens (tertiary/aromatic N) is 7. The number of nitrogens with one attached hydrogen (secondary N) is 6. The van der Waals surface area contributed by atoms with Crippen molar-refractivity contribution in [2.24, 2.45) is 0 Å². The minimum atomic E-state index is -3.83. The van der Waals surface area contributed by atoms with Gasteiger partial charge in [0.1, 0.15) is 52.0 Å². The van der Waals surface area contributed by atoms with Crippen molar-refractivity contribution in [2.45, 2.75) is 39.2 Å². The molecule has 0 saturated heterocycles. The number of fused-ring (bicyclic) bond motifs is 1. The van der Waals surface area contributed by atoms with E-state index in [0.717, 1.165) is 6.07 Å². The Balaban J connectivity index is 0.000000166. The lowest BCUT2D eigenvalue weighted by Crippen LogP contribution is -2.27. The molecule has 9 aromatic rings. The molecule has 0 aliphatic carbocycles. The van der Waals surface area contributed by atoms with Crippen LogP contribution in [0, 0.1) is 17.1 Å². The zero-order valence-corrected chi connectivity index (χ0v) is 44.3. The molecule has 0 unspecified atom stereocenters. The molecule has 438 valence electrons. The summed E-state index contributed by atoms with van der Waals surface area (Å²) in [6.45, 7) is -6.23. The minimum absolute atomic E-state index is 0.00210. The SMILES string of the molecule is COc1ccc(F)cc1-c1n[nH]c(CNC(=O)c2cccc3c2OC(F)(F)O3)n1.COc1ccccc1-c1n[nH]c(CNC(=O)c2cc(C#N)ccc2OC(F)F)n1.COc1ccccc1-c1n[nH]c(CNC(=O)c2ccccc2OC(F)F)n1. The number of halogens is 7. The highest BCUT2D eigenvalue weighted by molar-refractivity contribution is 5.98. The van der Waals surface area contributed by atoms with Crippen LogP contribution >= 0.6 is 0 Å². The molecule has 85 heavy (non-hydrogen) atoms. The number of nitriles is 1. The van der Waals surface area contributed by atoms with Crippen molar-refractivity contribution >= 4 is 17.7 Å². The van der Waals surface area contributed by atoms with Crippen LogP contribution in [0.2, 0.25) is 0 Å². The monoisotopic (exact) mass is 1180 g/mol. The van der Waals surface area contributed by atoms with E-state index in [1.807, 2.05) is 36.4 Å². The second-order valence-corrected chi connectivity index (χ2v) is 17.0. The van der Waals surface area contributed by atoms with Gasteiger partial charge in [0.25, 0.3) is 17.7 Å². The molecule has 3 amide bonds. The van der Waals surface area contributed by atoms with E-state index in [1.165, 1.54) is 80.9 Å². The van der Waals surface area contributed by atoms with Crippen LogP contribution in [0.15, 0.2) is 127 Å². The average Bonchev–Trinajstić information content (AvgIpc) is 3.07. The Hall–Kier alpha value is -11.3. The van der Waals surface area contributed by atoms with Gasteiger partial charge in [-0.05, 0) is 84.9 Å². The molecular weight excluding hydrogens is 1140 g/mol. The Bertz CT molecular complexity index is 3860. The summed E-state index contributed by atoms with van der Waals surface area (Å²) < 4.78 is 123. The highest BCUT2D eigenvalue weighted by Gasteiger charge is 2.45. The van der Waals surface area contributed by atoms with Crippen LogP contribution in [0.25, 0.3) is 34.2 Å². The summed E-state index contributed by atoms with van der Waals surface area (Å²) in [6, 6.07) is 33.5. The number of alkyl halides is 6. The number of rotatable bonds is 19. The molecule has 0 atom stereocenters. The zero-order chi connectivity index (χ0) is 60.6. The molecule has 0 bridgehead atoms. The number of hydrogen-bond acceptors (Lipinski definition) is 17. The fraction of sp³-hybridized carbons (Fsp3) is 0.164. The minimum Gasteiger partial charge on any atom is -0.496 e. The molecule has 0 saturated carbocycles. The van der Waals surface area contributed by atoms with Gasteiger partial charge in [-0.3, -0.25) is 29.7 Å². The molecule has 6 N–H and O–H groups in total. The highest BCUT2D eigenvalue weighted by atomic mass is 19.3. The normalized spacial score (nSPS) is 11.7. The molecule has 0 radical (unpaired) electrons. The predicted molar refractivity (Wildman–Crippen MR) is 282 cm³/mol. The van der Waals surface area contributed by atoms with Gasteiger partial charge in [0.05, 0.1) is 86.0 Å². The van der Waals surface area contributed by atoms with Crippen LogP contribution in [0.4, 0.5) is 30.7 Å². The number of carbonyl (C=O) groups is 3. The Morgan fingerprint density at radius 1 is 0.541 bits per heavy atom. The molecule has 30 heteroatoms. The molecule has 4 heterocycles. The topological polar surface area (TPSA) is 300 Å². The van der Waals surface area contributed by atoms with Crippen molar-refractivity contribution in [1.29, 1.82) is 5.26 Å². The van der Waals surface area contributed by atoms with Gasteiger partial charge in [-0.1, -0.05) is 42.5 Å². The van der Waals surface area contributed by atoms with Gasteiger partial charge in [0.15, 0.2) is 29.0 Å². The maximum atomic E-state index is 13.5. The van der Waals surface area contributed by atoms with E-state index in [2.05, 4.69) is 80.4 Å². The highest BCUT2D eigenvalue weighted by Crippen LogP contribution is 2.43. The number of H-pyrrole nitrogens is 3. The van der Waals surface area contributed by atoms with Gasteiger partial charge in [0.2, 0.25) is 0 Å². The lowest BCUT2D eigenvalue weighted by atomic mass is 10.1. The zero-order valence-electron chi connectivity index (χ0n) is 44.3. The summed E-state index contributed by atoms with van der Waals surface area (Å²) in [5.74, 6) is -0.00917. The fourth-order valence-corrected chi connectivity index (χ4v) is 7.75. The molecule has 0 spiro atoms. The number of hydrogen-bond donors (Lipinski definition) is 6. The first-order valence-corrected chi connectivity index (χ1v) is 24.6. The van der Waals surface area contributed by atoms with Crippen LogP contribution in [0.5, 0.6) is 40.2 Å². The average molecular weight is 1180 g/mol. The van der Waals surface area contributed by atoms with Gasteiger partial charge in [0, 0.05) is 0 Å². The lowest BCUT2D eigenvalue weighted by molar-refractivity contribution is -0.286. The summed E-state index contributed by atoms with van der Waals surface area (Å²) in [4.78, 5) is 49.9. The summed E-state index contributed by atoms with van der Waals surface area (Å²) in [6.07, 6.45) is -3.83. The third kappa shape index (κ3) is 15.4. The van der Waals surface area contributed by atoms with E-state index >= 15 is 0 Å². The fourth-order valence-electron chi connectivity index (χ4n) is 7.75. The number of para-hydroxylation sites is 4. The number of aromatic nitrogens is 9. The molecule has 3 aromatic heterocycles. The van der Waals surface area contributed by atoms with Gasteiger partial charge < -0.3 is 49.1 Å².